The number of carboxylic acid groups (broad SMARTS) is 1. The number of aromatic carboxylic acids is 1. The predicted octanol–water partition coefficient (Wildman–Crippen LogP) is 2.39. The number of carbonyl (C=O) groups is 1. The number of rotatable bonds is 3. The minimum absolute atomic E-state index is 0.205. The van der Waals surface area contributed by atoms with Gasteiger partial charge in [-0.3, -0.25) is 0 Å². The van der Waals surface area contributed by atoms with Crippen molar-refractivity contribution >= 4 is 27.7 Å². The van der Waals surface area contributed by atoms with Crippen LogP contribution >= 0.6 is 15.9 Å². The Kier molecular flexibility index (Phi) is 3.68. The Morgan fingerprint density at radius 2 is 2.20 bits per heavy atom. The fraction of sp³-hybridized carbons (Fsp3) is 0.400. The van der Waals surface area contributed by atoms with Crippen LogP contribution in [-0.4, -0.2) is 29.1 Å². The lowest BCUT2D eigenvalue weighted by Gasteiger charge is -2.23. The summed E-state index contributed by atoms with van der Waals surface area (Å²) in [6, 6.07) is 1.76. The second-order valence-electron chi connectivity index (χ2n) is 3.53. The van der Waals surface area contributed by atoms with Crippen LogP contribution < -0.4 is 4.90 Å². The summed E-state index contributed by atoms with van der Waals surface area (Å²) in [7, 11) is 1.83. The molecule has 0 aliphatic carbocycles. The second-order valence-corrected chi connectivity index (χ2v) is 4.45. The molecule has 82 valence electrons. The molecule has 0 aromatic carbocycles. The van der Waals surface area contributed by atoms with Crippen LogP contribution in [0.3, 0.4) is 0 Å². The zero-order chi connectivity index (χ0) is 11.6. The van der Waals surface area contributed by atoms with Gasteiger partial charge in [0.15, 0.2) is 0 Å². The molecular weight excluding hydrogens is 260 g/mol. The average molecular weight is 273 g/mol. The van der Waals surface area contributed by atoms with Crippen LogP contribution in [0.5, 0.6) is 0 Å². The van der Waals surface area contributed by atoms with Gasteiger partial charge in [-0.25, -0.2) is 9.78 Å². The SMILES string of the molecule is CC(C)N(C)c1ncc(Br)cc1C(=O)O. The molecule has 1 aromatic heterocycles. The van der Waals surface area contributed by atoms with Gasteiger partial charge in [-0.1, -0.05) is 0 Å². The fourth-order valence-corrected chi connectivity index (χ4v) is 1.45. The van der Waals surface area contributed by atoms with E-state index in [-0.39, 0.29) is 11.6 Å². The van der Waals surface area contributed by atoms with Crippen molar-refractivity contribution in [2.75, 3.05) is 11.9 Å². The topological polar surface area (TPSA) is 53.4 Å². The van der Waals surface area contributed by atoms with Crippen molar-refractivity contribution in [2.24, 2.45) is 0 Å². The molecule has 0 spiro atoms. The lowest BCUT2D eigenvalue weighted by atomic mass is 10.2. The maximum Gasteiger partial charge on any atom is 0.339 e. The van der Waals surface area contributed by atoms with E-state index in [1.54, 1.807) is 12.3 Å². The van der Waals surface area contributed by atoms with Gasteiger partial charge in [0.2, 0.25) is 0 Å². The third-order valence-corrected chi connectivity index (χ3v) is 2.61. The number of hydrogen-bond acceptors (Lipinski definition) is 3. The average Bonchev–Trinajstić information content (AvgIpc) is 2.16. The van der Waals surface area contributed by atoms with Crippen LogP contribution in [0.1, 0.15) is 24.2 Å². The zero-order valence-corrected chi connectivity index (χ0v) is 10.4. The number of pyridine rings is 1. The first-order valence-electron chi connectivity index (χ1n) is 4.55. The molecule has 0 amide bonds. The Balaban J connectivity index is 3.22. The van der Waals surface area contributed by atoms with Crippen LogP contribution in [0.15, 0.2) is 16.7 Å². The smallest absolute Gasteiger partial charge is 0.339 e. The van der Waals surface area contributed by atoms with Gasteiger partial charge in [-0.15, -0.1) is 0 Å². The molecule has 0 saturated heterocycles. The number of carboxylic acids is 1. The first-order chi connectivity index (χ1) is 6.93. The minimum atomic E-state index is -0.966. The lowest BCUT2D eigenvalue weighted by Crippen LogP contribution is -2.28. The van der Waals surface area contributed by atoms with Gasteiger partial charge in [0.25, 0.3) is 0 Å². The Hall–Kier alpha value is -1.10. The predicted molar refractivity (Wildman–Crippen MR) is 62.4 cm³/mol. The third-order valence-electron chi connectivity index (χ3n) is 2.17. The summed E-state index contributed by atoms with van der Waals surface area (Å²) in [5, 5.41) is 9.03. The van der Waals surface area contributed by atoms with Crippen molar-refractivity contribution in [3.05, 3.63) is 22.3 Å². The maximum absolute atomic E-state index is 11.0. The van der Waals surface area contributed by atoms with Crippen LogP contribution in [0, 0.1) is 0 Å². The summed E-state index contributed by atoms with van der Waals surface area (Å²) in [5.41, 5.74) is 0.209. The minimum Gasteiger partial charge on any atom is -0.478 e. The summed E-state index contributed by atoms with van der Waals surface area (Å²) in [6.07, 6.45) is 1.60. The van der Waals surface area contributed by atoms with Gasteiger partial charge in [-0.2, -0.15) is 0 Å². The van der Waals surface area contributed by atoms with Gasteiger partial charge in [0, 0.05) is 23.8 Å². The van der Waals surface area contributed by atoms with Gasteiger partial charge in [-0.05, 0) is 35.8 Å². The van der Waals surface area contributed by atoms with E-state index in [9.17, 15) is 4.79 Å². The zero-order valence-electron chi connectivity index (χ0n) is 8.86. The summed E-state index contributed by atoms with van der Waals surface area (Å²) in [6.45, 7) is 3.96. The van der Waals surface area contributed by atoms with Gasteiger partial charge in [0.05, 0.1) is 0 Å². The van der Waals surface area contributed by atoms with E-state index in [0.717, 1.165) is 0 Å². The van der Waals surface area contributed by atoms with E-state index >= 15 is 0 Å². The van der Waals surface area contributed by atoms with Crippen LogP contribution in [-0.2, 0) is 0 Å². The van der Waals surface area contributed by atoms with Gasteiger partial charge >= 0.3 is 5.97 Å². The number of anilines is 1. The molecule has 0 aliphatic rings. The summed E-state index contributed by atoms with van der Waals surface area (Å²) in [4.78, 5) is 17.0. The second kappa shape index (κ2) is 4.61. The van der Waals surface area contributed by atoms with Gasteiger partial charge in [0.1, 0.15) is 11.4 Å². The highest BCUT2D eigenvalue weighted by molar-refractivity contribution is 9.10. The third kappa shape index (κ3) is 2.68. The Bertz CT molecular complexity index is 380. The van der Waals surface area contributed by atoms with Crippen molar-refractivity contribution in [3.63, 3.8) is 0 Å². The molecule has 0 saturated carbocycles. The van der Waals surface area contributed by atoms with E-state index in [0.29, 0.717) is 10.3 Å². The molecule has 0 unspecified atom stereocenters. The molecule has 0 radical (unpaired) electrons. The molecule has 0 aliphatic heterocycles. The van der Waals surface area contributed by atoms with Gasteiger partial charge < -0.3 is 10.0 Å². The summed E-state index contributed by atoms with van der Waals surface area (Å²) < 4.78 is 0.667. The molecule has 1 aromatic rings. The van der Waals surface area contributed by atoms with Crippen LogP contribution in [0.25, 0.3) is 0 Å². The summed E-state index contributed by atoms with van der Waals surface area (Å²) in [5.74, 6) is -0.480. The van der Waals surface area contributed by atoms with Crippen molar-refractivity contribution in [1.82, 2.24) is 4.98 Å². The van der Waals surface area contributed by atoms with E-state index in [4.69, 9.17) is 5.11 Å². The highest BCUT2D eigenvalue weighted by Crippen LogP contribution is 2.21. The molecule has 0 atom stereocenters. The fourth-order valence-electron chi connectivity index (χ4n) is 1.12. The Morgan fingerprint density at radius 3 is 2.67 bits per heavy atom. The van der Waals surface area contributed by atoms with E-state index in [1.807, 2.05) is 25.8 Å². The van der Waals surface area contributed by atoms with Crippen LogP contribution in [0.4, 0.5) is 5.82 Å². The van der Waals surface area contributed by atoms with E-state index in [2.05, 4.69) is 20.9 Å². The number of halogens is 1. The van der Waals surface area contributed by atoms with Crippen molar-refractivity contribution in [3.8, 4) is 0 Å². The molecule has 5 heteroatoms. The largest absolute Gasteiger partial charge is 0.478 e. The highest BCUT2D eigenvalue weighted by Gasteiger charge is 2.17. The molecule has 1 rings (SSSR count). The van der Waals surface area contributed by atoms with Crippen LogP contribution in [0.2, 0.25) is 0 Å². The van der Waals surface area contributed by atoms with E-state index in [1.165, 1.54) is 0 Å². The molecule has 15 heavy (non-hydrogen) atoms. The number of hydrogen-bond donors (Lipinski definition) is 1. The first kappa shape index (κ1) is 12.0. The van der Waals surface area contributed by atoms with Crippen molar-refractivity contribution in [2.45, 2.75) is 19.9 Å². The maximum atomic E-state index is 11.0. The lowest BCUT2D eigenvalue weighted by molar-refractivity contribution is 0.0697. The normalized spacial score (nSPS) is 10.5. The Labute approximate surface area is 97.1 Å². The molecule has 1 N–H and O–H groups in total. The quantitative estimate of drug-likeness (QED) is 0.918. The van der Waals surface area contributed by atoms with Crippen molar-refractivity contribution < 1.29 is 9.90 Å². The summed E-state index contributed by atoms with van der Waals surface area (Å²) >= 11 is 3.21. The molecular formula is C10H13BrN2O2. The molecule has 0 fully saturated rings. The highest BCUT2D eigenvalue weighted by atomic mass is 79.9. The molecule has 0 bridgehead atoms. The Morgan fingerprint density at radius 1 is 1.60 bits per heavy atom. The monoisotopic (exact) mass is 272 g/mol. The standard InChI is InChI=1S/C10H13BrN2O2/c1-6(2)13(3)9-8(10(14)15)4-7(11)5-12-9/h4-6H,1-3H3,(H,14,15). The first-order valence-corrected chi connectivity index (χ1v) is 5.34. The molecule has 4 nitrogen and oxygen atoms in total. The van der Waals surface area contributed by atoms with E-state index < -0.39 is 5.97 Å². The molecule has 1 heterocycles. The number of aromatic nitrogens is 1. The van der Waals surface area contributed by atoms with Crippen molar-refractivity contribution in [1.29, 1.82) is 0 Å². The number of nitrogens with zero attached hydrogens (tertiary/aromatic N) is 2.